The molecule has 2 amide bonds. The minimum Gasteiger partial charge on any atom is -0.318 e. The highest BCUT2D eigenvalue weighted by Crippen LogP contribution is 2.37. The maximum Gasteiger partial charge on any atom is 0.322 e. The number of amides is 2. The fourth-order valence-electron chi connectivity index (χ4n) is 4.56. The molecule has 0 spiro atoms. The fraction of sp³-hybridized carbons (Fsp3) is 0.179. The summed E-state index contributed by atoms with van der Waals surface area (Å²) in [7, 11) is 0. The topological polar surface area (TPSA) is 37.3 Å². The van der Waals surface area contributed by atoms with E-state index in [-0.39, 0.29) is 12.1 Å². The molecular weight excluding hydrogens is 430 g/mol. The summed E-state index contributed by atoms with van der Waals surface area (Å²) in [5, 5.41) is 3.75. The van der Waals surface area contributed by atoms with Crippen LogP contribution in [0, 0.1) is 6.92 Å². The molecule has 1 atom stereocenters. The Bertz CT molecular complexity index is 1310. The quantitative estimate of drug-likeness (QED) is 0.350. The lowest BCUT2D eigenvalue weighted by Crippen LogP contribution is -2.38. The predicted octanol–water partition coefficient (Wildman–Crippen LogP) is 7.14. The number of nitrogens with one attached hydrogen (secondary N) is 1. The van der Waals surface area contributed by atoms with Crippen LogP contribution in [0.1, 0.15) is 40.9 Å². The molecule has 0 saturated heterocycles. The number of hydrogen-bond donors (Lipinski definition) is 1. The van der Waals surface area contributed by atoms with Gasteiger partial charge in [-0.05, 0) is 65.9 Å². The zero-order valence-corrected chi connectivity index (χ0v) is 19.5. The molecule has 1 aliphatic heterocycles. The van der Waals surface area contributed by atoms with Crippen molar-refractivity contribution in [2.75, 3.05) is 5.32 Å². The molecule has 1 N–H and O–H groups in total. The van der Waals surface area contributed by atoms with Gasteiger partial charge in [-0.3, -0.25) is 0 Å². The molecule has 0 fully saturated rings. The zero-order valence-electron chi connectivity index (χ0n) is 18.8. The number of para-hydroxylation sites is 1. The van der Waals surface area contributed by atoms with Gasteiger partial charge in [0.05, 0.1) is 18.3 Å². The summed E-state index contributed by atoms with van der Waals surface area (Å²) in [6.45, 7) is 4.56. The lowest BCUT2D eigenvalue weighted by atomic mass is 10.00. The first-order chi connectivity index (χ1) is 16.1. The minimum atomic E-state index is -0.238. The molecule has 5 rings (SSSR count). The maximum absolute atomic E-state index is 13.8. The molecular formula is C28H26ClN3O. The average molecular weight is 456 g/mol. The highest BCUT2D eigenvalue weighted by atomic mass is 35.5. The Morgan fingerprint density at radius 1 is 1.00 bits per heavy atom. The van der Waals surface area contributed by atoms with Crippen molar-refractivity contribution in [2.45, 2.75) is 32.9 Å². The first kappa shape index (κ1) is 21.4. The van der Waals surface area contributed by atoms with E-state index in [9.17, 15) is 4.79 Å². The van der Waals surface area contributed by atoms with Crippen LogP contribution < -0.4 is 5.32 Å². The Balaban J connectivity index is 1.63. The summed E-state index contributed by atoms with van der Waals surface area (Å²) in [5.41, 5.74) is 7.19. The monoisotopic (exact) mass is 455 g/mol. The van der Waals surface area contributed by atoms with E-state index in [1.165, 1.54) is 5.56 Å². The van der Waals surface area contributed by atoms with E-state index >= 15 is 0 Å². The zero-order chi connectivity index (χ0) is 22.9. The number of fused-ring (bicyclic) bond motifs is 3. The third-order valence-electron chi connectivity index (χ3n) is 6.44. The number of carbonyl (C=O) groups excluding carboxylic acids is 1. The molecule has 1 unspecified atom stereocenters. The van der Waals surface area contributed by atoms with E-state index in [0.29, 0.717) is 11.6 Å². The van der Waals surface area contributed by atoms with Gasteiger partial charge < -0.3 is 14.8 Å². The predicted molar refractivity (Wildman–Crippen MR) is 134 cm³/mol. The normalized spacial score (nSPS) is 14.9. The maximum atomic E-state index is 13.8. The second-order valence-electron chi connectivity index (χ2n) is 8.40. The summed E-state index contributed by atoms with van der Waals surface area (Å²) in [5.74, 6) is 0. The summed E-state index contributed by atoms with van der Waals surface area (Å²) in [6.07, 6.45) is 3.05. The Kier molecular flexibility index (Phi) is 5.69. The van der Waals surface area contributed by atoms with Crippen LogP contribution >= 0.6 is 11.6 Å². The molecule has 0 aliphatic carbocycles. The first-order valence-corrected chi connectivity index (χ1v) is 11.6. The molecule has 2 heterocycles. The van der Waals surface area contributed by atoms with E-state index in [2.05, 4.69) is 65.5 Å². The van der Waals surface area contributed by atoms with Crippen LogP contribution in [0.25, 0.3) is 5.69 Å². The number of urea groups is 1. The number of rotatable bonds is 3. The van der Waals surface area contributed by atoms with Crippen molar-refractivity contribution in [3.63, 3.8) is 0 Å². The summed E-state index contributed by atoms with van der Waals surface area (Å²) >= 11 is 6.31. The van der Waals surface area contributed by atoms with Crippen LogP contribution in [-0.2, 0) is 13.0 Å². The molecule has 4 nitrogen and oxygen atoms in total. The molecule has 1 aliphatic rings. The van der Waals surface area contributed by atoms with Crippen molar-refractivity contribution in [3.05, 3.63) is 118 Å². The van der Waals surface area contributed by atoms with Gasteiger partial charge in [0.2, 0.25) is 0 Å². The lowest BCUT2D eigenvalue weighted by Gasteiger charge is -2.31. The summed E-state index contributed by atoms with van der Waals surface area (Å²) < 4.78 is 2.20. The number of halogens is 1. The van der Waals surface area contributed by atoms with E-state index in [1.54, 1.807) is 0 Å². The molecule has 0 bridgehead atoms. The third-order valence-corrected chi connectivity index (χ3v) is 6.85. The van der Waals surface area contributed by atoms with Gasteiger partial charge in [0.15, 0.2) is 0 Å². The average Bonchev–Trinajstić information content (AvgIpc) is 3.26. The molecule has 3 aromatic carbocycles. The number of anilines is 1. The van der Waals surface area contributed by atoms with Crippen LogP contribution in [0.5, 0.6) is 0 Å². The Labute approximate surface area is 199 Å². The number of hydrogen-bond acceptors (Lipinski definition) is 1. The molecule has 166 valence electrons. The first-order valence-electron chi connectivity index (χ1n) is 11.2. The van der Waals surface area contributed by atoms with Crippen LogP contribution in [0.4, 0.5) is 10.5 Å². The Hall–Kier alpha value is -3.50. The van der Waals surface area contributed by atoms with Crippen molar-refractivity contribution in [1.29, 1.82) is 0 Å². The molecule has 1 aromatic heterocycles. The van der Waals surface area contributed by atoms with Gasteiger partial charge in [-0.2, -0.15) is 0 Å². The van der Waals surface area contributed by atoms with Crippen LogP contribution in [0.3, 0.4) is 0 Å². The summed E-state index contributed by atoms with van der Waals surface area (Å²) in [4.78, 5) is 15.7. The van der Waals surface area contributed by atoms with E-state index < -0.39 is 0 Å². The summed E-state index contributed by atoms with van der Waals surface area (Å²) in [6, 6.07) is 26.2. The van der Waals surface area contributed by atoms with Gasteiger partial charge in [-0.25, -0.2) is 4.79 Å². The van der Waals surface area contributed by atoms with Crippen molar-refractivity contribution >= 4 is 23.3 Å². The van der Waals surface area contributed by atoms with Crippen molar-refractivity contribution in [3.8, 4) is 5.69 Å². The largest absolute Gasteiger partial charge is 0.322 e. The molecule has 0 radical (unpaired) electrons. The number of benzene rings is 3. The van der Waals surface area contributed by atoms with E-state index in [0.717, 1.165) is 40.2 Å². The Morgan fingerprint density at radius 2 is 1.79 bits per heavy atom. The second kappa shape index (κ2) is 8.80. The number of nitrogens with zero attached hydrogens (tertiary/aromatic N) is 2. The highest BCUT2D eigenvalue weighted by Gasteiger charge is 2.33. The van der Waals surface area contributed by atoms with Gasteiger partial charge >= 0.3 is 6.03 Å². The van der Waals surface area contributed by atoms with E-state index in [4.69, 9.17) is 11.6 Å². The van der Waals surface area contributed by atoms with Crippen LogP contribution in [0.2, 0.25) is 5.02 Å². The van der Waals surface area contributed by atoms with Gasteiger partial charge in [-0.1, -0.05) is 67.1 Å². The number of aromatic nitrogens is 1. The van der Waals surface area contributed by atoms with Gasteiger partial charge in [0.25, 0.3) is 0 Å². The number of aryl methyl sites for hydroxylation is 1. The van der Waals surface area contributed by atoms with Crippen molar-refractivity contribution < 1.29 is 4.79 Å². The fourth-order valence-corrected chi connectivity index (χ4v) is 4.73. The SMILES string of the molecule is CCc1ccc(C2c3cccn3-c3ccccc3CN2C(=O)Nc2cccc(Cl)c2C)cc1. The lowest BCUT2D eigenvalue weighted by molar-refractivity contribution is 0.194. The standard InChI is InChI=1S/C28H26ClN3O/c1-3-20-13-15-21(16-14-20)27-26-12-7-17-31(26)25-11-5-4-8-22(25)18-32(27)28(33)30-24-10-6-9-23(29)19(24)2/h4-17,27H,3,18H2,1-2H3,(H,30,33). The molecule has 5 heteroatoms. The Morgan fingerprint density at radius 3 is 2.58 bits per heavy atom. The molecule has 33 heavy (non-hydrogen) atoms. The van der Waals surface area contributed by atoms with Crippen molar-refractivity contribution in [1.82, 2.24) is 9.47 Å². The van der Waals surface area contributed by atoms with Crippen LogP contribution in [-0.4, -0.2) is 15.5 Å². The second-order valence-corrected chi connectivity index (χ2v) is 8.81. The highest BCUT2D eigenvalue weighted by molar-refractivity contribution is 6.31. The van der Waals surface area contributed by atoms with Gasteiger partial charge in [0, 0.05) is 22.6 Å². The molecule has 0 saturated carbocycles. The smallest absolute Gasteiger partial charge is 0.318 e. The third kappa shape index (κ3) is 3.91. The van der Waals surface area contributed by atoms with Crippen molar-refractivity contribution in [2.24, 2.45) is 0 Å². The van der Waals surface area contributed by atoms with E-state index in [1.807, 2.05) is 48.2 Å². The van der Waals surface area contributed by atoms with Gasteiger partial charge in [0.1, 0.15) is 0 Å². The van der Waals surface area contributed by atoms with Crippen LogP contribution in [0.15, 0.2) is 85.1 Å². The molecule has 4 aromatic rings. The minimum absolute atomic E-state index is 0.158. The number of carbonyl (C=O) groups is 1. The van der Waals surface area contributed by atoms with Gasteiger partial charge in [-0.15, -0.1) is 0 Å².